The molecular weight excluding hydrogens is 334 g/mol. The molecule has 1 aromatic carbocycles. The SMILES string of the molecule is CC(=O)Oc1ccccc1CN1C(=O)C(C)ON=C1c1ncccc1C. The van der Waals surface area contributed by atoms with Gasteiger partial charge in [-0.05, 0) is 31.5 Å². The van der Waals surface area contributed by atoms with Crippen molar-refractivity contribution in [2.45, 2.75) is 33.4 Å². The summed E-state index contributed by atoms with van der Waals surface area (Å²) in [5.41, 5.74) is 2.12. The molecule has 26 heavy (non-hydrogen) atoms. The first-order valence-electron chi connectivity index (χ1n) is 8.21. The second-order valence-corrected chi connectivity index (χ2v) is 5.96. The number of rotatable bonds is 4. The Morgan fingerprint density at radius 1 is 1.27 bits per heavy atom. The summed E-state index contributed by atoms with van der Waals surface area (Å²) in [5.74, 6) is 0.0825. The van der Waals surface area contributed by atoms with Gasteiger partial charge < -0.3 is 9.57 Å². The number of esters is 1. The number of oxime groups is 1. The molecule has 1 aliphatic heterocycles. The van der Waals surface area contributed by atoms with E-state index in [2.05, 4.69) is 10.1 Å². The number of carbonyl (C=O) groups excluding carboxylic acids is 2. The molecular formula is C19H19N3O4. The largest absolute Gasteiger partial charge is 0.426 e. The van der Waals surface area contributed by atoms with Gasteiger partial charge in [0.2, 0.25) is 11.9 Å². The highest BCUT2D eigenvalue weighted by molar-refractivity contribution is 6.09. The Labute approximate surface area is 151 Å². The molecule has 7 heteroatoms. The van der Waals surface area contributed by atoms with E-state index in [1.54, 1.807) is 31.3 Å². The number of nitrogens with zero attached hydrogens (tertiary/aromatic N) is 3. The van der Waals surface area contributed by atoms with Crippen molar-refractivity contribution < 1.29 is 19.2 Å². The maximum Gasteiger partial charge on any atom is 0.308 e. The Bertz CT molecular complexity index is 879. The van der Waals surface area contributed by atoms with Gasteiger partial charge in [0.15, 0.2) is 0 Å². The van der Waals surface area contributed by atoms with Gasteiger partial charge in [0, 0.05) is 18.7 Å². The Balaban J connectivity index is 2.00. The van der Waals surface area contributed by atoms with E-state index in [0.717, 1.165) is 5.56 Å². The lowest BCUT2D eigenvalue weighted by Gasteiger charge is -2.30. The number of amides is 1. The monoisotopic (exact) mass is 353 g/mol. The fourth-order valence-corrected chi connectivity index (χ4v) is 2.65. The Hall–Kier alpha value is -3.22. The highest BCUT2D eigenvalue weighted by atomic mass is 16.6. The molecule has 3 rings (SSSR count). The third-order valence-electron chi connectivity index (χ3n) is 3.94. The molecule has 0 radical (unpaired) electrons. The van der Waals surface area contributed by atoms with Gasteiger partial charge in [-0.3, -0.25) is 19.5 Å². The van der Waals surface area contributed by atoms with E-state index in [0.29, 0.717) is 22.8 Å². The van der Waals surface area contributed by atoms with Crippen LogP contribution in [0.2, 0.25) is 0 Å². The van der Waals surface area contributed by atoms with Crippen LogP contribution in [0.5, 0.6) is 5.75 Å². The van der Waals surface area contributed by atoms with Crippen molar-refractivity contribution in [1.82, 2.24) is 9.88 Å². The molecule has 2 heterocycles. The molecule has 134 valence electrons. The molecule has 0 saturated carbocycles. The average molecular weight is 353 g/mol. The quantitative estimate of drug-likeness (QED) is 0.623. The number of pyridine rings is 1. The first-order valence-corrected chi connectivity index (χ1v) is 8.21. The predicted molar refractivity (Wildman–Crippen MR) is 94.4 cm³/mol. The molecule has 1 aromatic heterocycles. The summed E-state index contributed by atoms with van der Waals surface area (Å²) in [7, 11) is 0. The number of carbonyl (C=O) groups is 2. The van der Waals surface area contributed by atoms with Crippen LogP contribution in [0.25, 0.3) is 0 Å². The van der Waals surface area contributed by atoms with Crippen molar-refractivity contribution in [2.24, 2.45) is 5.16 Å². The van der Waals surface area contributed by atoms with Crippen molar-refractivity contribution in [2.75, 3.05) is 0 Å². The van der Waals surface area contributed by atoms with E-state index in [1.807, 2.05) is 25.1 Å². The van der Waals surface area contributed by atoms with Crippen molar-refractivity contribution in [3.8, 4) is 5.75 Å². The van der Waals surface area contributed by atoms with Crippen LogP contribution in [-0.2, 0) is 21.0 Å². The third kappa shape index (κ3) is 3.56. The summed E-state index contributed by atoms with van der Waals surface area (Å²) in [5, 5.41) is 4.11. The van der Waals surface area contributed by atoms with Crippen molar-refractivity contribution >= 4 is 17.7 Å². The van der Waals surface area contributed by atoms with Gasteiger partial charge in [0.05, 0.1) is 6.54 Å². The van der Waals surface area contributed by atoms with Gasteiger partial charge in [0.25, 0.3) is 5.91 Å². The first kappa shape index (κ1) is 17.6. The lowest BCUT2D eigenvalue weighted by Crippen LogP contribution is -2.46. The number of ether oxygens (including phenoxy) is 1. The Kier molecular flexibility index (Phi) is 4.97. The van der Waals surface area contributed by atoms with Crippen LogP contribution >= 0.6 is 0 Å². The second kappa shape index (κ2) is 7.35. The number of aromatic nitrogens is 1. The summed E-state index contributed by atoms with van der Waals surface area (Å²) in [6.07, 6.45) is 0.932. The maximum absolute atomic E-state index is 12.7. The summed E-state index contributed by atoms with van der Waals surface area (Å²) in [4.78, 5) is 35.2. The molecule has 0 spiro atoms. The lowest BCUT2D eigenvalue weighted by molar-refractivity contribution is -0.142. The van der Waals surface area contributed by atoms with Crippen LogP contribution < -0.4 is 4.74 Å². The minimum Gasteiger partial charge on any atom is -0.426 e. The summed E-state index contributed by atoms with van der Waals surface area (Å²) in [6, 6.07) is 10.8. The molecule has 0 fully saturated rings. The number of aryl methyl sites for hydroxylation is 1. The third-order valence-corrected chi connectivity index (χ3v) is 3.94. The van der Waals surface area contributed by atoms with Gasteiger partial charge in [-0.25, -0.2) is 0 Å². The fourth-order valence-electron chi connectivity index (χ4n) is 2.65. The molecule has 0 N–H and O–H groups in total. The molecule has 1 atom stereocenters. The molecule has 2 aromatic rings. The lowest BCUT2D eigenvalue weighted by atomic mass is 10.1. The molecule has 1 aliphatic rings. The van der Waals surface area contributed by atoms with Gasteiger partial charge in [-0.1, -0.05) is 29.4 Å². The van der Waals surface area contributed by atoms with E-state index in [-0.39, 0.29) is 12.5 Å². The molecule has 0 aliphatic carbocycles. The number of hydrogen-bond acceptors (Lipinski definition) is 6. The standard InChI is InChI=1S/C19H19N3O4/c1-12-7-6-10-20-17(12)18-21-26-13(2)19(24)22(18)11-15-8-4-5-9-16(15)25-14(3)23/h4-10,13H,11H2,1-3H3. The number of para-hydroxylation sites is 1. The van der Waals surface area contributed by atoms with Crippen LogP contribution in [0.3, 0.4) is 0 Å². The maximum atomic E-state index is 12.7. The fraction of sp³-hybridized carbons (Fsp3) is 0.263. The van der Waals surface area contributed by atoms with Crippen LogP contribution in [0.1, 0.15) is 30.7 Å². The van der Waals surface area contributed by atoms with E-state index in [9.17, 15) is 9.59 Å². The van der Waals surface area contributed by atoms with Crippen molar-refractivity contribution in [3.05, 3.63) is 59.4 Å². The van der Waals surface area contributed by atoms with Crippen molar-refractivity contribution in [1.29, 1.82) is 0 Å². The normalized spacial score (nSPS) is 16.7. The Morgan fingerprint density at radius 3 is 2.77 bits per heavy atom. The smallest absolute Gasteiger partial charge is 0.308 e. The summed E-state index contributed by atoms with van der Waals surface area (Å²) >= 11 is 0. The number of hydrogen-bond donors (Lipinski definition) is 0. The highest BCUT2D eigenvalue weighted by Gasteiger charge is 2.33. The number of amidine groups is 1. The van der Waals surface area contributed by atoms with E-state index in [4.69, 9.17) is 9.57 Å². The Morgan fingerprint density at radius 2 is 2.04 bits per heavy atom. The molecule has 7 nitrogen and oxygen atoms in total. The molecule has 1 unspecified atom stereocenters. The van der Waals surface area contributed by atoms with Crippen LogP contribution in [0, 0.1) is 6.92 Å². The summed E-state index contributed by atoms with van der Waals surface area (Å²) < 4.78 is 5.25. The van der Waals surface area contributed by atoms with Crippen molar-refractivity contribution in [3.63, 3.8) is 0 Å². The topological polar surface area (TPSA) is 81.1 Å². The van der Waals surface area contributed by atoms with Crippen LogP contribution in [0.15, 0.2) is 47.8 Å². The molecule has 0 bridgehead atoms. The van der Waals surface area contributed by atoms with E-state index in [1.165, 1.54) is 11.8 Å². The predicted octanol–water partition coefficient (Wildman–Crippen LogP) is 2.42. The van der Waals surface area contributed by atoms with Crippen LogP contribution in [0.4, 0.5) is 0 Å². The van der Waals surface area contributed by atoms with E-state index >= 15 is 0 Å². The van der Waals surface area contributed by atoms with Gasteiger partial charge in [-0.2, -0.15) is 0 Å². The van der Waals surface area contributed by atoms with Gasteiger partial charge in [-0.15, -0.1) is 0 Å². The zero-order valence-corrected chi connectivity index (χ0v) is 14.8. The second-order valence-electron chi connectivity index (χ2n) is 5.96. The highest BCUT2D eigenvalue weighted by Crippen LogP contribution is 2.24. The molecule has 1 amide bonds. The number of benzene rings is 1. The minimum atomic E-state index is -0.705. The first-order chi connectivity index (χ1) is 12.5. The zero-order valence-electron chi connectivity index (χ0n) is 14.8. The zero-order chi connectivity index (χ0) is 18.7. The van der Waals surface area contributed by atoms with E-state index < -0.39 is 12.1 Å². The summed E-state index contributed by atoms with van der Waals surface area (Å²) in [6.45, 7) is 5.05. The average Bonchev–Trinajstić information content (AvgIpc) is 2.61. The minimum absolute atomic E-state index is 0.185. The van der Waals surface area contributed by atoms with Gasteiger partial charge >= 0.3 is 5.97 Å². The van der Waals surface area contributed by atoms with Crippen LogP contribution in [-0.4, -0.2) is 33.7 Å². The molecule has 0 saturated heterocycles. The van der Waals surface area contributed by atoms with Gasteiger partial charge in [0.1, 0.15) is 11.4 Å².